The van der Waals surface area contributed by atoms with Gasteiger partial charge >= 0.3 is 0 Å². The van der Waals surface area contributed by atoms with Crippen molar-refractivity contribution in [2.75, 3.05) is 24.6 Å². The lowest BCUT2D eigenvalue weighted by Gasteiger charge is -2.34. The molecule has 1 aliphatic rings. The Morgan fingerprint density at radius 3 is 2.67 bits per heavy atom. The minimum absolute atomic E-state index is 0.216. The molecule has 0 aromatic heterocycles. The molecule has 1 aromatic carbocycles. The standard InChI is InChI=1S/C13H17FN2OS/c14-10-1-2-12(11(7-10)13(15)18)16-5-3-9(8-17)4-6-16/h1-2,7,9,17H,3-6,8H2,(H2,15,18). The van der Waals surface area contributed by atoms with Gasteiger partial charge in [-0.3, -0.25) is 0 Å². The molecule has 18 heavy (non-hydrogen) atoms. The fourth-order valence-electron chi connectivity index (χ4n) is 2.34. The Bertz CT molecular complexity index is 445. The molecule has 0 spiro atoms. The van der Waals surface area contributed by atoms with Crippen molar-refractivity contribution in [3.8, 4) is 0 Å². The second-order valence-electron chi connectivity index (χ2n) is 4.64. The number of rotatable bonds is 3. The molecule has 1 aliphatic heterocycles. The first-order chi connectivity index (χ1) is 8.61. The first-order valence-corrected chi connectivity index (χ1v) is 6.48. The molecule has 3 N–H and O–H groups in total. The zero-order valence-electron chi connectivity index (χ0n) is 10.1. The molecule has 0 unspecified atom stereocenters. The van der Waals surface area contributed by atoms with Crippen LogP contribution in [0, 0.1) is 11.7 Å². The molecule has 0 bridgehead atoms. The largest absolute Gasteiger partial charge is 0.396 e. The highest BCUT2D eigenvalue weighted by Crippen LogP contribution is 2.26. The van der Waals surface area contributed by atoms with Gasteiger partial charge in [-0.25, -0.2) is 4.39 Å². The van der Waals surface area contributed by atoms with Crippen LogP contribution in [0.15, 0.2) is 18.2 Å². The predicted octanol–water partition coefficient (Wildman–Crippen LogP) is 1.67. The minimum atomic E-state index is -0.327. The Morgan fingerprint density at radius 1 is 1.44 bits per heavy atom. The van der Waals surface area contributed by atoms with E-state index in [0.717, 1.165) is 31.6 Å². The molecular weight excluding hydrogens is 251 g/mol. The van der Waals surface area contributed by atoms with Crippen LogP contribution in [0.1, 0.15) is 18.4 Å². The van der Waals surface area contributed by atoms with Gasteiger partial charge in [-0.05, 0) is 37.0 Å². The lowest BCUT2D eigenvalue weighted by Crippen LogP contribution is -2.36. The van der Waals surface area contributed by atoms with Gasteiger partial charge in [0.1, 0.15) is 10.8 Å². The van der Waals surface area contributed by atoms with Gasteiger partial charge in [-0.1, -0.05) is 12.2 Å². The van der Waals surface area contributed by atoms with Crippen molar-refractivity contribution in [3.63, 3.8) is 0 Å². The summed E-state index contributed by atoms with van der Waals surface area (Å²) in [6.07, 6.45) is 1.87. The summed E-state index contributed by atoms with van der Waals surface area (Å²) >= 11 is 4.97. The van der Waals surface area contributed by atoms with Crippen LogP contribution in [-0.4, -0.2) is 29.8 Å². The van der Waals surface area contributed by atoms with Gasteiger partial charge in [-0.15, -0.1) is 0 Å². The van der Waals surface area contributed by atoms with Crippen LogP contribution in [0.2, 0.25) is 0 Å². The summed E-state index contributed by atoms with van der Waals surface area (Å²) < 4.78 is 13.2. The molecule has 1 fully saturated rings. The Morgan fingerprint density at radius 2 is 2.11 bits per heavy atom. The molecule has 3 nitrogen and oxygen atoms in total. The van der Waals surface area contributed by atoms with E-state index in [1.54, 1.807) is 6.07 Å². The van der Waals surface area contributed by atoms with E-state index in [0.29, 0.717) is 11.5 Å². The number of nitrogens with two attached hydrogens (primary N) is 1. The third-order valence-corrected chi connectivity index (χ3v) is 3.66. The number of thiocarbonyl (C=S) groups is 1. The number of aliphatic hydroxyl groups is 1. The Labute approximate surface area is 111 Å². The maximum atomic E-state index is 13.2. The highest BCUT2D eigenvalue weighted by Gasteiger charge is 2.21. The number of halogens is 1. The highest BCUT2D eigenvalue weighted by atomic mass is 32.1. The van der Waals surface area contributed by atoms with E-state index >= 15 is 0 Å². The van der Waals surface area contributed by atoms with Gasteiger partial charge in [0.15, 0.2) is 0 Å². The van der Waals surface area contributed by atoms with Crippen LogP contribution in [0.5, 0.6) is 0 Å². The summed E-state index contributed by atoms with van der Waals surface area (Å²) in [7, 11) is 0. The molecule has 0 atom stereocenters. The Kier molecular flexibility index (Phi) is 4.14. The van der Waals surface area contributed by atoms with Crippen LogP contribution in [0.25, 0.3) is 0 Å². The Balaban J connectivity index is 2.21. The van der Waals surface area contributed by atoms with Crippen LogP contribution in [0.4, 0.5) is 10.1 Å². The van der Waals surface area contributed by atoms with Gasteiger partial charge in [0.05, 0.1) is 0 Å². The zero-order chi connectivity index (χ0) is 13.1. The van der Waals surface area contributed by atoms with Crippen molar-refractivity contribution in [1.82, 2.24) is 0 Å². The highest BCUT2D eigenvalue weighted by molar-refractivity contribution is 7.80. The van der Waals surface area contributed by atoms with Gasteiger partial charge in [0.25, 0.3) is 0 Å². The molecule has 0 radical (unpaired) electrons. The molecular formula is C13H17FN2OS. The first kappa shape index (κ1) is 13.2. The van der Waals surface area contributed by atoms with Crippen LogP contribution >= 0.6 is 12.2 Å². The number of aliphatic hydroxyl groups excluding tert-OH is 1. The third-order valence-electron chi connectivity index (χ3n) is 3.44. The number of piperidine rings is 1. The van der Waals surface area contributed by atoms with E-state index in [1.165, 1.54) is 12.1 Å². The van der Waals surface area contributed by atoms with E-state index in [1.807, 2.05) is 0 Å². The minimum Gasteiger partial charge on any atom is -0.396 e. The van der Waals surface area contributed by atoms with Crippen molar-refractivity contribution >= 4 is 22.9 Å². The molecule has 1 saturated heterocycles. The first-order valence-electron chi connectivity index (χ1n) is 6.07. The number of hydrogen-bond donors (Lipinski definition) is 2. The third kappa shape index (κ3) is 2.79. The quantitative estimate of drug-likeness (QED) is 0.819. The summed E-state index contributed by atoms with van der Waals surface area (Å²) in [6, 6.07) is 4.54. The molecule has 2 rings (SSSR count). The summed E-state index contributed by atoms with van der Waals surface area (Å²) in [5, 5.41) is 9.12. The van der Waals surface area contributed by atoms with Crippen molar-refractivity contribution in [1.29, 1.82) is 0 Å². The lowest BCUT2D eigenvalue weighted by molar-refractivity contribution is 0.203. The fourth-order valence-corrected chi connectivity index (χ4v) is 2.50. The monoisotopic (exact) mass is 268 g/mol. The normalized spacial score (nSPS) is 16.9. The van der Waals surface area contributed by atoms with Crippen molar-refractivity contribution in [2.45, 2.75) is 12.8 Å². The summed E-state index contributed by atoms with van der Waals surface area (Å²) in [5.74, 6) is 0.0433. The molecule has 0 amide bonds. The summed E-state index contributed by atoms with van der Waals surface area (Å²) in [4.78, 5) is 2.37. The van der Waals surface area contributed by atoms with Crippen molar-refractivity contribution < 1.29 is 9.50 Å². The second-order valence-corrected chi connectivity index (χ2v) is 5.08. The van der Waals surface area contributed by atoms with Gasteiger partial charge in [0, 0.05) is 30.9 Å². The average Bonchev–Trinajstić information content (AvgIpc) is 2.39. The Hall–Kier alpha value is -1.20. The SMILES string of the molecule is NC(=S)c1cc(F)ccc1N1CCC(CO)CC1. The molecule has 98 valence electrons. The summed E-state index contributed by atoms with van der Waals surface area (Å²) in [5.41, 5.74) is 7.12. The molecule has 1 heterocycles. The van der Waals surface area contributed by atoms with E-state index in [-0.39, 0.29) is 17.4 Å². The maximum Gasteiger partial charge on any atom is 0.124 e. The van der Waals surface area contributed by atoms with Crippen LogP contribution < -0.4 is 10.6 Å². The average molecular weight is 268 g/mol. The van der Waals surface area contributed by atoms with Gasteiger partial charge < -0.3 is 15.7 Å². The molecule has 0 aliphatic carbocycles. The zero-order valence-corrected chi connectivity index (χ0v) is 10.9. The van der Waals surface area contributed by atoms with Crippen LogP contribution in [-0.2, 0) is 0 Å². The molecule has 0 saturated carbocycles. The van der Waals surface area contributed by atoms with E-state index < -0.39 is 0 Å². The number of nitrogens with zero attached hydrogens (tertiary/aromatic N) is 1. The van der Waals surface area contributed by atoms with Gasteiger partial charge in [0.2, 0.25) is 0 Å². The maximum absolute atomic E-state index is 13.2. The number of hydrogen-bond acceptors (Lipinski definition) is 3. The van der Waals surface area contributed by atoms with Crippen LogP contribution in [0.3, 0.4) is 0 Å². The van der Waals surface area contributed by atoms with E-state index in [2.05, 4.69) is 4.90 Å². The van der Waals surface area contributed by atoms with Crippen molar-refractivity contribution in [2.24, 2.45) is 11.7 Å². The second kappa shape index (κ2) is 5.63. The van der Waals surface area contributed by atoms with E-state index in [4.69, 9.17) is 23.1 Å². The topological polar surface area (TPSA) is 49.5 Å². The molecule has 5 heteroatoms. The fraction of sp³-hybridized carbons (Fsp3) is 0.462. The van der Waals surface area contributed by atoms with Crippen molar-refractivity contribution in [3.05, 3.63) is 29.6 Å². The van der Waals surface area contributed by atoms with E-state index in [9.17, 15) is 4.39 Å². The van der Waals surface area contributed by atoms with Gasteiger partial charge in [-0.2, -0.15) is 0 Å². The summed E-state index contributed by atoms with van der Waals surface area (Å²) in [6.45, 7) is 1.92. The lowest BCUT2D eigenvalue weighted by atomic mass is 9.97. The molecule has 1 aromatic rings. The number of anilines is 1. The smallest absolute Gasteiger partial charge is 0.124 e. The number of benzene rings is 1. The predicted molar refractivity (Wildman–Crippen MR) is 74.3 cm³/mol.